The predicted molar refractivity (Wildman–Crippen MR) is 90.5 cm³/mol. The number of rotatable bonds is 6. The Morgan fingerprint density at radius 2 is 1.86 bits per heavy atom. The maximum atomic E-state index is 6.05. The molecular weight excluding hydrogens is 377 g/mol. The second-order valence-electron chi connectivity index (χ2n) is 4.26. The van der Waals surface area contributed by atoms with E-state index in [1.807, 2.05) is 24.3 Å². The van der Waals surface area contributed by atoms with Gasteiger partial charge in [0.1, 0.15) is 12.4 Å². The molecule has 0 fully saturated rings. The third-order valence-corrected chi connectivity index (χ3v) is 3.82. The number of halogens is 3. The van der Waals surface area contributed by atoms with Crippen molar-refractivity contribution in [3.05, 3.63) is 57.0 Å². The molecule has 6 heteroatoms. The van der Waals surface area contributed by atoms with Crippen molar-refractivity contribution in [2.45, 2.75) is 6.23 Å². The molecule has 0 spiro atoms. The minimum absolute atomic E-state index is 0.298. The van der Waals surface area contributed by atoms with Crippen molar-refractivity contribution < 1.29 is 9.47 Å². The number of methoxy groups -OCH3 is 1. The maximum absolute atomic E-state index is 6.05. The van der Waals surface area contributed by atoms with Gasteiger partial charge in [0.25, 0.3) is 0 Å². The van der Waals surface area contributed by atoms with E-state index in [-0.39, 0.29) is 6.23 Å². The van der Waals surface area contributed by atoms with Crippen molar-refractivity contribution in [1.82, 2.24) is 0 Å². The zero-order chi connectivity index (χ0) is 15.2. The summed E-state index contributed by atoms with van der Waals surface area (Å²) in [5.74, 6) is 0.531. The van der Waals surface area contributed by atoms with Crippen LogP contribution >= 0.6 is 39.1 Å². The van der Waals surface area contributed by atoms with Gasteiger partial charge < -0.3 is 14.8 Å². The van der Waals surface area contributed by atoms with Gasteiger partial charge in [0.15, 0.2) is 6.23 Å². The number of ether oxygens (including phenoxy) is 2. The second-order valence-corrected chi connectivity index (χ2v) is 6.02. The average Bonchev–Trinajstić information content (AvgIpc) is 2.48. The highest BCUT2D eigenvalue weighted by Gasteiger charge is 2.10. The van der Waals surface area contributed by atoms with Crippen molar-refractivity contribution in [1.29, 1.82) is 0 Å². The molecule has 0 aliphatic heterocycles. The molecule has 3 nitrogen and oxygen atoms in total. The summed E-state index contributed by atoms with van der Waals surface area (Å²) in [5.41, 5.74) is 0.936. The highest BCUT2D eigenvalue weighted by Crippen LogP contribution is 2.28. The fourth-order valence-corrected chi connectivity index (χ4v) is 2.25. The molecule has 0 aliphatic rings. The van der Waals surface area contributed by atoms with Gasteiger partial charge in [0.2, 0.25) is 0 Å². The van der Waals surface area contributed by atoms with E-state index in [9.17, 15) is 0 Å². The highest BCUT2D eigenvalue weighted by molar-refractivity contribution is 9.10. The van der Waals surface area contributed by atoms with Gasteiger partial charge in [-0.1, -0.05) is 39.1 Å². The van der Waals surface area contributed by atoms with Gasteiger partial charge in [0, 0.05) is 28.4 Å². The molecule has 1 atom stereocenters. The molecule has 0 amide bonds. The molecule has 2 aromatic carbocycles. The Labute approximate surface area is 142 Å². The Morgan fingerprint density at radius 1 is 1.14 bits per heavy atom. The van der Waals surface area contributed by atoms with Gasteiger partial charge in [0.05, 0.1) is 5.02 Å². The molecule has 112 valence electrons. The summed E-state index contributed by atoms with van der Waals surface area (Å²) in [5, 5.41) is 4.30. The first-order valence-corrected chi connectivity index (χ1v) is 7.76. The summed E-state index contributed by atoms with van der Waals surface area (Å²) in [6.45, 7) is 0.298. The van der Waals surface area contributed by atoms with E-state index in [2.05, 4.69) is 21.2 Å². The van der Waals surface area contributed by atoms with Crippen LogP contribution in [0.25, 0.3) is 0 Å². The monoisotopic (exact) mass is 389 g/mol. The molecule has 0 radical (unpaired) electrons. The highest BCUT2D eigenvalue weighted by atomic mass is 79.9. The molecule has 2 aromatic rings. The van der Waals surface area contributed by atoms with E-state index in [4.69, 9.17) is 32.7 Å². The summed E-state index contributed by atoms with van der Waals surface area (Å²) < 4.78 is 12.0. The standard InChI is InChI=1S/C15H14BrCl2NO2/c1-20-15(19-12-5-2-10(16)3-6-12)9-21-14-8-11(17)4-7-13(14)18/h2-8,15,19H,9H2,1H3. The van der Waals surface area contributed by atoms with E-state index in [1.54, 1.807) is 25.3 Å². The Morgan fingerprint density at radius 3 is 2.52 bits per heavy atom. The SMILES string of the molecule is COC(COc1cc(Cl)ccc1Cl)Nc1ccc(Br)cc1. The molecule has 0 bridgehead atoms. The van der Waals surface area contributed by atoms with Gasteiger partial charge in [-0.25, -0.2) is 0 Å². The summed E-state index contributed by atoms with van der Waals surface area (Å²) in [6.07, 6.45) is -0.304. The molecule has 21 heavy (non-hydrogen) atoms. The lowest BCUT2D eigenvalue weighted by atomic mass is 10.3. The minimum atomic E-state index is -0.304. The normalized spacial score (nSPS) is 12.0. The zero-order valence-electron chi connectivity index (χ0n) is 11.3. The van der Waals surface area contributed by atoms with Crippen molar-refractivity contribution in [3.8, 4) is 5.75 Å². The molecule has 1 unspecified atom stereocenters. The number of anilines is 1. The van der Waals surface area contributed by atoms with Crippen LogP contribution in [0.1, 0.15) is 0 Å². The molecule has 0 heterocycles. The third-order valence-electron chi connectivity index (χ3n) is 2.74. The van der Waals surface area contributed by atoms with Crippen LogP contribution in [0.4, 0.5) is 5.69 Å². The lowest BCUT2D eigenvalue weighted by Crippen LogP contribution is -2.28. The number of hydrogen-bond acceptors (Lipinski definition) is 3. The first-order chi connectivity index (χ1) is 10.1. The Hall–Kier alpha value is -0.940. The van der Waals surface area contributed by atoms with Gasteiger partial charge >= 0.3 is 0 Å². The van der Waals surface area contributed by atoms with Crippen LogP contribution in [0.15, 0.2) is 46.9 Å². The van der Waals surface area contributed by atoms with Crippen LogP contribution in [0.5, 0.6) is 5.75 Å². The van der Waals surface area contributed by atoms with Crippen LogP contribution in [0.3, 0.4) is 0 Å². The fourth-order valence-electron chi connectivity index (χ4n) is 1.65. The summed E-state index contributed by atoms with van der Waals surface area (Å²) >= 11 is 15.4. The first kappa shape index (κ1) is 16.4. The Kier molecular flexibility index (Phi) is 6.18. The van der Waals surface area contributed by atoms with Crippen molar-refractivity contribution in [3.63, 3.8) is 0 Å². The van der Waals surface area contributed by atoms with E-state index >= 15 is 0 Å². The van der Waals surface area contributed by atoms with E-state index < -0.39 is 0 Å². The molecule has 2 rings (SSSR count). The molecule has 0 aliphatic carbocycles. The van der Waals surface area contributed by atoms with Gasteiger partial charge in [-0.05, 0) is 36.4 Å². The quantitative estimate of drug-likeness (QED) is 0.686. The third kappa shape index (κ3) is 5.08. The predicted octanol–water partition coefficient (Wildman–Crippen LogP) is 5.22. The van der Waals surface area contributed by atoms with Crippen molar-refractivity contribution in [2.24, 2.45) is 0 Å². The van der Waals surface area contributed by atoms with Crippen molar-refractivity contribution >= 4 is 44.8 Å². The second kappa shape index (κ2) is 7.90. The number of hydrogen-bond donors (Lipinski definition) is 1. The van der Waals surface area contributed by atoms with Crippen LogP contribution in [0.2, 0.25) is 10.0 Å². The van der Waals surface area contributed by atoms with Crippen LogP contribution in [0, 0.1) is 0 Å². The average molecular weight is 391 g/mol. The lowest BCUT2D eigenvalue weighted by molar-refractivity contribution is 0.0781. The number of nitrogens with one attached hydrogen (secondary N) is 1. The Balaban J connectivity index is 1.96. The van der Waals surface area contributed by atoms with E-state index in [0.29, 0.717) is 22.4 Å². The molecule has 0 saturated heterocycles. The van der Waals surface area contributed by atoms with Crippen LogP contribution in [-0.2, 0) is 4.74 Å². The van der Waals surface area contributed by atoms with E-state index in [1.165, 1.54) is 0 Å². The first-order valence-electron chi connectivity index (χ1n) is 6.21. The topological polar surface area (TPSA) is 30.5 Å². The van der Waals surface area contributed by atoms with Gasteiger partial charge in [-0.15, -0.1) is 0 Å². The largest absolute Gasteiger partial charge is 0.487 e. The maximum Gasteiger partial charge on any atom is 0.161 e. The molecular formula is C15H14BrCl2NO2. The van der Waals surface area contributed by atoms with Crippen LogP contribution < -0.4 is 10.1 Å². The lowest BCUT2D eigenvalue weighted by Gasteiger charge is -2.19. The van der Waals surface area contributed by atoms with Crippen molar-refractivity contribution in [2.75, 3.05) is 19.0 Å². The van der Waals surface area contributed by atoms with Gasteiger partial charge in [-0.2, -0.15) is 0 Å². The molecule has 0 aromatic heterocycles. The summed E-state index contributed by atoms with van der Waals surface area (Å²) in [4.78, 5) is 0. The minimum Gasteiger partial charge on any atom is -0.487 e. The molecule has 1 N–H and O–H groups in total. The number of benzene rings is 2. The van der Waals surface area contributed by atoms with Gasteiger partial charge in [-0.3, -0.25) is 0 Å². The van der Waals surface area contributed by atoms with Crippen LogP contribution in [-0.4, -0.2) is 19.9 Å². The van der Waals surface area contributed by atoms with E-state index in [0.717, 1.165) is 10.2 Å². The zero-order valence-corrected chi connectivity index (χ0v) is 14.4. The fraction of sp³-hybridized carbons (Fsp3) is 0.200. The Bertz CT molecular complexity index is 593. The summed E-state index contributed by atoms with van der Waals surface area (Å²) in [6, 6.07) is 12.9. The molecule has 0 saturated carbocycles. The summed E-state index contributed by atoms with van der Waals surface area (Å²) in [7, 11) is 1.61. The smallest absolute Gasteiger partial charge is 0.161 e.